The second-order valence-electron chi connectivity index (χ2n) is 6.61. The van der Waals surface area contributed by atoms with Crippen molar-refractivity contribution in [3.05, 3.63) is 88.4 Å². The molecule has 162 valence electrons. The lowest BCUT2D eigenvalue weighted by molar-refractivity contribution is -0.137. The molecule has 0 unspecified atom stereocenters. The molecule has 0 fully saturated rings. The number of benzene rings is 2. The van der Waals surface area contributed by atoms with Crippen LogP contribution in [0.3, 0.4) is 0 Å². The maximum atomic E-state index is 13.2. The second-order valence-corrected chi connectivity index (χ2v) is 7.33. The molecule has 0 spiro atoms. The largest absolute Gasteiger partial charge is 0.488 e. The predicted molar refractivity (Wildman–Crippen MR) is 113 cm³/mol. The number of amides is 1. The molecule has 4 rings (SSSR count). The lowest BCUT2D eigenvalue weighted by Gasteiger charge is -2.14. The normalized spacial score (nSPS) is 11.2. The molecular weight excluding hydrogens is 441 g/mol. The average molecular weight is 456 g/mol. The van der Waals surface area contributed by atoms with Crippen molar-refractivity contribution < 1.29 is 22.7 Å². The molecule has 4 aromatic rings. The van der Waals surface area contributed by atoms with E-state index in [0.717, 1.165) is 17.7 Å². The van der Waals surface area contributed by atoms with Crippen LogP contribution in [0.25, 0.3) is 11.3 Å². The lowest BCUT2D eigenvalue weighted by Crippen LogP contribution is -2.13. The first-order chi connectivity index (χ1) is 15.4. The van der Waals surface area contributed by atoms with Crippen molar-refractivity contribution >= 4 is 23.1 Å². The van der Waals surface area contributed by atoms with Gasteiger partial charge in [-0.15, -0.1) is 21.5 Å². The van der Waals surface area contributed by atoms with Crippen LogP contribution in [-0.2, 0) is 12.8 Å². The molecule has 2 aromatic carbocycles. The Kier molecular flexibility index (Phi) is 6.13. The van der Waals surface area contributed by atoms with E-state index in [2.05, 4.69) is 20.5 Å². The molecule has 6 nitrogen and oxygen atoms in total. The summed E-state index contributed by atoms with van der Waals surface area (Å²) < 4.78 is 45.4. The van der Waals surface area contributed by atoms with Crippen LogP contribution in [0.4, 0.5) is 19.0 Å². The zero-order chi connectivity index (χ0) is 22.6. The van der Waals surface area contributed by atoms with E-state index >= 15 is 0 Å². The minimum absolute atomic E-state index is 0.0252. The van der Waals surface area contributed by atoms with Gasteiger partial charge >= 0.3 is 6.18 Å². The first-order valence-corrected chi connectivity index (χ1v) is 10.3. The Morgan fingerprint density at radius 3 is 2.50 bits per heavy atom. The molecule has 1 amide bonds. The Balaban J connectivity index is 1.59. The molecule has 0 aliphatic rings. The summed E-state index contributed by atoms with van der Waals surface area (Å²) in [6.07, 6.45) is -4.51. The highest BCUT2D eigenvalue weighted by Crippen LogP contribution is 2.37. The van der Waals surface area contributed by atoms with E-state index in [0.29, 0.717) is 11.3 Å². The number of hydrogen-bond donors (Lipinski definition) is 1. The van der Waals surface area contributed by atoms with Crippen molar-refractivity contribution in [1.29, 1.82) is 0 Å². The fraction of sp³-hybridized carbons (Fsp3) is 0.0909. The topological polar surface area (TPSA) is 77.0 Å². The molecular formula is C22H15F3N4O2S. The maximum Gasteiger partial charge on any atom is 0.416 e. The van der Waals surface area contributed by atoms with Crippen molar-refractivity contribution in [3.8, 4) is 17.0 Å². The van der Waals surface area contributed by atoms with Gasteiger partial charge in [-0.3, -0.25) is 4.79 Å². The third-order valence-electron chi connectivity index (χ3n) is 4.39. The Morgan fingerprint density at radius 1 is 1.03 bits per heavy atom. The highest BCUT2D eigenvalue weighted by molar-refractivity contribution is 7.07. The molecule has 2 heterocycles. The number of rotatable bonds is 6. The van der Waals surface area contributed by atoms with Gasteiger partial charge in [0.15, 0.2) is 5.82 Å². The molecule has 0 bridgehead atoms. The Morgan fingerprint density at radius 2 is 1.84 bits per heavy atom. The smallest absolute Gasteiger partial charge is 0.416 e. The predicted octanol–water partition coefficient (Wildman–Crippen LogP) is 5.45. The molecule has 0 saturated heterocycles. The van der Waals surface area contributed by atoms with Crippen LogP contribution in [0.5, 0.6) is 5.75 Å². The van der Waals surface area contributed by atoms with Gasteiger partial charge in [0.05, 0.1) is 16.8 Å². The van der Waals surface area contributed by atoms with E-state index in [1.807, 2.05) is 30.3 Å². The number of ether oxygens (including phenoxy) is 1. The van der Waals surface area contributed by atoms with E-state index in [1.54, 1.807) is 11.4 Å². The molecule has 0 atom stereocenters. The molecule has 0 aliphatic carbocycles. The highest BCUT2D eigenvalue weighted by atomic mass is 32.1. The summed E-state index contributed by atoms with van der Waals surface area (Å²) in [7, 11) is 0. The van der Waals surface area contributed by atoms with Gasteiger partial charge < -0.3 is 10.1 Å². The zero-order valence-corrected chi connectivity index (χ0v) is 17.2. The molecule has 0 radical (unpaired) electrons. The van der Waals surface area contributed by atoms with Gasteiger partial charge in [0.25, 0.3) is 5.91 Å². The number of carbonyl (C=O) groups excluding carboxylic acids is 1. The van der Waals surface area contributed by atoms with Gasteiger partial charge in [-0.2, -0.15) is 13.2 Å². The lowest BCUT2D eigenvalue weighted by atomic mass is 10.1. The van der Waals surface area contributed by atoms with Gasteiger partial charge in [0.2, 0.25) is 0 Å². The van der Waals surface area contributed by atoms with E-state index in [9.17, 15) is 18.0 Å². The first-order valence-electron chi connectivity index (χ1n) is 9.32. The number of aromatic nitrogens is 3. The monoisotopic (exact) mass is 456 g/mol. The standard InChI is InChI=1S/C22H15F3N4O2S/c23-22(24,25)15-6-7-16(19(10-15)31-11-14-4-2-1-3-5-14)17-8-9-20(29-28-17)27-21(30)18-12-32-13-26-18/h1-10,12-13H,11H2,(H,27,29,30). The number of thiazole rings is 1. The van der Waals surface area contributed by atoms with Crippen LogP contribution in [0.15, 0.2) is 71.6 Å². The van der Waals surface area contributed by atoms with Crippen LogP contribution < -0.4 is 10.1 Å². The van der Waals surface area contributed by atoms with Crippen LogP contribution in [0.2, 0.25) is 0 Å². The van der Waals surface area contributed by atoms with Crippen molar-refractivity contribution in [1.82, 2.24) is 15.2 Å². The van der Waals surface area contributed by atoms with Crippen molar-refractivity contribution in [3.63, 3.8) is 0 Å². The third kappa shape index (κ3) is 5.09. The van der Waals surface area contributed by atoms with Crippen LogP contribution in [0.1, 0.15) is 21.6 Å². The Bertz CT molecular complexity index is 1200. The quantitative estimate of drug-likeness (QED) is 0.418. The Hall–Kier alpha value is -3.79. The van der Waals surface area contributed by atoms with Gasteiger partial charge in [0, 0.05) is 10.9 Å². The summed E-state index contributed by atoms with van der Waals surface area (Å²) in [5.41, 5.74) is 2.41. The molecule has 32 heavy (non-hydrogen) atoms. The number of anilines is 1. The number of nitrogens with one attached hydrogen (secondary N) is 1. The van der Waals surface area contributed by atoms with Crippen molar-refractivity contribution in [2.45, 2.75) is 12.8 Å². The van der Waals surface area contributed by atoms with E-state index in [4.69, 9.17) is 4.74 Å². The van der Waals surface area contributed by atoms with Crippen LogP contribution >= 0.6 is 11.3 Å². The third-order valence-corrected chi connectivity index (χ3v) is 4.98. The van der Waals surface area contributed by atoms with Gasteiger partial charge in [0.1, 0.15) is 18.1 Å². The van der Waals surface area contributed by atoms with Gasteiger partial charge in [-0.05, 0) is 35.9 Å². The minimum Gasteiger partial charge on any atom is -0.488 e. The molecule has 2 aromatic heterocycles. The summed E-state index contributed by atoms with van der Waals surface area (Å²) in [5.74, 6) is -0.225. The number of hydrogen-bond acceptors (Lipinski definition) is 6. The summed E-state index contributed by atoms with van der Waals surface area (Å²) in [5, 5.41) is 12.2. The Labute approximate surface area is 184 Å². The molecule has 10 heteroatoms. The second kappa shape index (κ2) is 9.15. The highest BCUT2D eigenvalue weighted by Gasteiger charge is 2.31. The van der Waals surface area contributed by atoms with Crippen molar-refractivity contribution in [2.75, 3.05) is 5.32 Å². The SMILES string of the molecule is O=C(Nc1ccc(-c2ccc(C(F)(F)F)cc2OCc2ccccc2)nn1)c1cscn1. The number of nitrogens with zero attached hydrogens (tertiary/aromatic N) is 3. The van der Waals surface area contributed by atoms with Crippen LogP contribution in [-0.4, -0.2) is 21.1 Å². The van der Waals surface area contributed by atoms with Crippen molar-refractivity contribution in [2.24, 2.45) is 0 Å². The molecule has 1 N–H and O–H groups in total. The molecule has 0 aliphatic heterocycles. The summed E-state index contributed by atoms with van der Waals surface area (Å²) in [4.78, 5) is 16.0. The van der Waals surface area contributed by atoms with Gasteiger partial charge in [-0.25, -0.2) is 4.98 Å². The fourth-order valence-electron chi connectivity index (χ4n) is 2.81. The average Bonchev–Trinajstić information content (AvgIpc) is 3.33. The summed E-state index contributed by atoms with van der Waals surface area (Å²) in [6, 6.07) is 15.3. The van der Waals surface area contributed by atoms with E-state index in [1.165, 1.54) is 29.0 Å². The first kappa shape index (κ1) is 21.4. The summed E-state index contributed by atoms with van der Waals surface area (Å²) >= 11 is 1.28. The minimum atomic E-state index is -4.51. The van der Waals surface area contributed by atoms with E-state index < -0.39 is 17.6 Å². The van der Waals surface area contributed by atoms with Crippen LogP contribution in [0, 0.1) is 0 Å². The maximum absolute atomic E-state index is 13.2. The zero-order valence-electron chi connectivity index (χ0n) is 16.3. The number of carbonyl (C=O) groups is 1. The number of halogens is 3. The number of alkyl halides is 3. The molecule has 0 saturated carbocycles. The fourth-order valence-corrected chi connectivity index (χ4v) is 3.34. The van der Waals surface area contributed by atoms with Gasteiger partial charge in [-0.1, -0.05) is 30.3 Å². The summed E-state index contributed by atoms with van der Waals surface area (Å²) in [6.45, 7) is 0.0877. The van der Waals surface area contributed by atoms with E-state index in [-0.39, 0.29) is 23.9 Å².